The monoisotopic (exact) mass is 229 g/mol. The fraction of sp³-hybridized carbons (Fsp3) is 0.500. The van der Waals surface area contributed by atoms with Crippen LogP contribution in [0.3, 0.4) is 0 Å². The highest BCUT2D eigenvalue weighted by Gasteiger charge is 2.22. The predicted octanol–water partition coefficient (Wildman–Crippen LogP) is 5.02. The van der Waals surface area contributed by atoms with Gasteiger partial charge in [-0.25, -0.2) is 0 Å². The molecule has 1 unspecified atom stereocenters. The number of hydrogen-bond donors (Lipinski definition) is 1. The molecule has 1 N–H and O–H groups in total. The minimum absolute atomic E-state index is 0.765. The van der Waals surface area contributed by atoms with E-state index in [1.807, 2.05) is 13.8 Å². The SMILES string of the molecule is CC.CCC1CCCc2c1[nH]c1ccccc21. The molecule has 0 saturated heterocycles. The number of fused-ring (bicyclic) bond motifs is 3. The highest BCUT2D eigenvalue weighted by atomic mass is 14.7. The van der Waals surface area contributed by atoms with Gasteiger partial charge in [-0.2, -0.15) is 0 Å². The quantitative estimate of drug-likeness (QED) is 0.706. The Kier molecular flexibility index (Phi) is 3.88. The smallest absolute Gasteiger partial charge is 0.0459 e. The lowest BCUT2D eigenvalue weighted by molar-refractivity contribution is 0.532. The molecule has 2 aromatic rings. The maximum Gasteiger partial charge on any atom is 0.0459 e. The van der Waals surface area contributed by atoms with Gasteiger partial charge in [-0.1, -0.05) is 39.0 Å². The van der Waals surface area contributed by atoms with Crippen molar-refractivity contribution in [2.45, 2.75) is 52.4 Å². The first-order valence-electron chi connectivity index (χ1n) is 6.99. The number of aryl methyl sites for hydroxylation is 1. The van der Waals surface area contributed by atoms with Crippen LogP contribution < -0.4 is 0 Å². The number of hydrogen-bond acceptors (Lipinski definition) is 0. The number of rotatable bonds is 1. The zero-order valence-electron chi connectivity index (χ0n) is 11.2. The summed E-state index contributed by atoms with van der Waals surface area (Å²) in [4.78, 5) is 3.62. The second-order valence-electron chi connectivity index (χ2n) is 4.56. The normalized spacial score (nSPS) is 18.4. The lowest BCUT2D eigenvalue weighted by atomic mass is 9.85. The molecule has 1 atom stereocenters. The number of nitrogens with one attached hydrogen (secondary N) is 1. The Bertz CT molecular complexity index is 481. The summed E-state index contributed by atoms with van der Waals surface area (Å²) in [6.45, 7) is 6.30. The molecule has 0 fully saturated rings. The van der Waals surface area contributed by atoms with Gasteiger partial charge in [0.1, 0.15) is 0 Å². The number of para-hydroxylation sites is 1. The second-order valence-corrected chi connectivity index (χ2v) is 4.56. The minimum Gasteiger partial charge on any atom is -0.358 e. The third-order valence-electron chi connectivity index (χ3n) is 3.73. The summed E-state index contributed by atoms with van der Waals surface area (Å²) in [5.41, 5.74) is 4.43. The van der Waals surface area contributed by atoms with Crippen LogP contribution in [0.15, 0.2) is 24.3 Å². The van der Waals surface area contributed by atoms with Gasteiger partial charge >= 0.3 is 0 Å². The Balaban J connectivity index is 0.000000514. The Morgan fingerprint density at radius 2 is 2.00 bits per heavy atom. The standard InChI is InChI=1S/C14H17N.C2H6/c1-2-10-6-5-8-12-11-7-3-4-9-13(11)15-14(10)12;1-2/h3-4,7,9-10,15H,2,5-6,8H2,1H3;1-2H3. The average Bonchev–Trinajstić information content (AvgIpc) is 2.79. The molecule has 0 radical (unpaired) electrons. The molecule has 17 heavy (non-hydrogen) atoms. The summed E-state index contributed by atoms with van der Waals surface area (Å²) in [6.07, 6.45) is 5.24. The summed E-state index contributed by atoms with van der Waals surface area (Å²) < 4.78 is 0. The van der Waals surface area contributed by atoms with Crippen LogP contribution in [-0.2, 0) is 6.42 Å². The zero-order valence-corrected chi connectivity index (χ0v) is 11.2. The molecule has 1 aromatic heterocycles. The van der Waals surface area contributed by atoms with Crippen molar-refractivity contribution in [3.8, 4) is 0 Å². The van der Waals surface area contributed by atoms with Crippen LogP contribution in [0, 0.1) is 0 Å². The molecule has 0 saturated carbocycles. The highest BCUT2D eigenvalue weighted by Crippen LogP contribution is 2.37. The summed E-state index contributed by atoms with van der Waals surface area (Å²) in [5, 5.41) is 1.45. The van der Waals surface area contributed by atoms with E-state index in [4.69, 9.17) is 0 Å². The zero-order chi connectivity index (χ0) is 12.3. The third-order valence-corrected chi connectivity index (χ3v) is 3.73. The Morgan fingerprint density at radius 1 is 1.24 bits per heavy atom. The lowest BCUT2D eigenvalue weighted by Crippen LogP contribution is -2.07. The van der Waals surface area contributed by atoms with Crippen molar-refractivity contribution >= 4 is 10.9 Å². The molecular weight excluding hydrogens is 206 g/mol. The summed E-state index contributed by atoms with van der Waals surface area (Å²) in [7, 11) is 0. The van der Waals surface area contributed by atoms with E-state index in [0.717, 1.165) is 5.92 Å². The van der Waals surface area contributed by atoms with Gasteiger partial charge in [0.25, 0.3) is 0 Å². The first kappa shape index (κ1) is 12.2. The summed E-state index contributed by atoms with van der Waals surface area (Å²) >= 11 is 0. The van der Waals surface area contributed by atoms with Crippen molar-refractivity contribution in [3.63, 3.8) is 0 Å². The van der Waals surface area contributed by atoms with E-state index >= 15 is 0 Å². The van der Waals surface area contributed by atoms with Gasteiger partial charge in [-0.05, 0) is 43.2 Å². The van der Waals surface area contributed by atoms with Crippen LogP contribution in [0.2, 0.25) is 0 Å². The van der Waals surface area contributed by atoms with E-state index < -0.39 is 0 Å². The second kappa shape index (κ2) is 5.39. The molecule has 1 aliphatic rings. The van der Waals surface area contributed by atoms with Crippen LogP contribution in [0.4, 0.5) is 0 Å². The van der Waals surface area contributed by atoms with Gasteiger partial charge in [-0.15, -0.1) is 0 Å². The van der Waals surface area contributed by atoms with Gasteiger partial charge in [0.05, 0.1) is 0 Å². The first-order chi connectivity index (χ1) is 8.40. The van der Waals surface area contributed by atoms with Crippen molar-refractivity contribution in [1.82, 2.24) is 4.98 Å². The van der Waals surface area contributed by atoms with Crippen LogP contribution in [0.5, 0.6) is 0 Å². The summed E-state index contributed by atoms with van der Waals surface area (Å²) in [5.74, 6) is 0.765. The Hall–Kier alpha value is -1.24. The predicted molar refractivity (Wildman–Crippen MR) is 75.6 cm³/mol. The van der Waals surface area contributed by atoms with Gasteiger partial charge in [-0.3, -0.25) is 0 Å². The van der Waals surface area contributed by atoms with E-state index in [0.29, 0.717) is 0 Å². The lowest BCUT2D eigenvalue weighted by Gasteiger charge is -2.21. The van der Waals surface area contributed by atoms with E-state index in [1.165, 1.54) is 42.3 Å². The largest absolute Gasteiger partial charge is 0.358 e. The summed E-state index contributed by atoms with van der Waals surface area (Å²) in [6, 6.07) is 8.71. The van der Waals surface area contributed by atoms with Gasteiger partial charge in [0, 0.05) is 16.6 Å². The minimum atomic E-state index is 0.765. The van der Waals surface area contributed by atoms with Crippen LogP contribution in [0.25, 0.3) is 10.9 Å². The van der Waals surface area contributed by atoms with Crippen molar-refractivity contribution in [1.29, 1.82) is 0 Å². The highest BCUT2D eigenvalue weighted by molar-refractivity contribution is 5.85. The van der Waals surface area contributed by atoms with Crippen LogP contribution >= 0.6 is 0 Å². The van der Waals surface area contributed by atoms with E-state index in [2.05, 4.69) is 36.2 Å². The topological polar surface area (TPSA) is 15.8 Å². The maximum absolute atomic E-state index is 3.62. The van der Waals surface area contributed by atoms with E-state index in [-0.39, 0.29) is 0 Å². The molecular formula is C16H23N. The molecule has 0 bridgehead atoms. The maximum atomic E-state index is 3.62. The van der Waals surface area contributed by atoms with Crippen molar-refractivity contribution < 1.29 is 0 Å². The number of aromatic nitrogens is 1. The average molecular weight is 229 g/mol. The first-order valence-corrected chi connectivity index (χ1v) is 6.99. The van der Waals surface area contributed by atoms with Crippen LogP contribution in [-0.4, -0.2) is 4.98 Å². The Labute approximate surface area is 104 Å². The number of benzene rings is 1. The van der Waals surface area contributed by atoms with Crippen LogP contribution in [0.1, 0.15) is 57.2 Å². The molecule has 3 rings (SSSR count). The molecule has 1 heterocycles. The molecule has 92 valence electrons. The third kappa shape index (κ3) is 2.11. The molecule has 0 aliphatic heterocycles. The van der Waals surface area contributed by atoms with Gasteiger partial charge in [0.15, 0.2) is 0 Å². The fourth-order valence-corrected chi connectivity index (χ4v) is 2.92. The number of H-pyrrole nitrogens is 1. The molecule has 1 heteroatoms. The van der Waals surface area contributed by atoms with Crippen molar-refractivity contribution in [2.75, 3.05) is 0 Å². The fourth-order valence-electron chi connectivity index (χ4n) is 2.92. The number of aromatic amines is 1. The van der Waals surface area contributed by atoms with Gasteiger partial charge < -0.3 is 4.98 Å². The van der Waals surface area contributed by atoms with E-state index in [1.54, 1.807) is 5.56 Å². The van der Waals surface area contributed by atoms with Gasteiger partial charge in [0.2, 0.25) is 0 Å². The van der Waals surface area contributed by atoms with Crippen molar-refractivity contribution in [2.24, 2.45) is 0 Å². The molecule has 0 amide bonds. The van der Waals surface area contributed by atoms with Crippen molar-refractivity contribution in [3.05, 3.63) is 35.5 Å². The molecule has 1 aliphatic carbocycles. The Morgan fingerprint density at radius 3 is 2.76 bits per heavy atom. The van der Waals surface area contributed by atoms with E-state index in [9.17, 15) is 0 Å². The molecule has 0 spiro atoms. The molecule has 1 aromatic carbocycles. The molecule has 1 nitrogen and oxygen atoms in total.